The molecule has 2 saturated heterocycles. The number of piperidine rings is 1. The van der Waals surface area contributed by atoms with Gasteiger partial charge in [-0.3, -0.25) is 9.48 Å². The van der Waals surface area contributed by atoms with Gasteiger partial charge in [0.25, 0.3) is 5.91 Å². The smallest absolute Gasteiger partial charge is 0.409 e. The Morgan fingerprint density at radius 1 is 1.39 bits per heavy atom. The second kappa shape index (κ2) is 9.07. The monoisotopic (exact) mass is 456 g/mol. The third kappa shape index (κ3) is 4.90. The predicted octanol–water partition coefficient (Wildman–Crippen LogP) is 2.42. The van der Waals surface area contributed by atoms with Crippen molar-refractivity contribution >= 4 is 23.5 Å². The summed E-state index contributed by atoms with van der Waals surface area (Å²) in [5.74, 6) is -1.34. The number of halogens is 1. The number of amides is 2. The molecule has 2 aromatic rings. The zero-order valence-electron chi connectivity index (χ0n) is 18.2. The summed E-state index contributed by atoms with van der Waals surface area (Å²) in [5.41, 5.74) is 5.99. The average molecular weight is 456 g/mol. The number of nitriles is 1. The number of primary amides is 1. The van der Waals surface area contributed by atoms with Crippen LogP contribution in [0.2, 0.25) is 0 Å². The lowest BCUT2D eigenvalue weighted by Crippen LogP contribution is -2.48. The van der Waals surface area contributed by atoms with Crippen molar-refractivity contribution in [2.45, 2.75) is 19.4 Å². The van der Waals surface area contributed by atoms with E-state index in [0.717, 1.165) is 0 Å². The largest absolute Gasteiger partial charge is 0.449 e. The SMILES string of the molecule is CC1(COC(=O)N2CCC(C#N)C(n3cc(C(N)=O)c(Nc4ccc(F)cc4)n3)C2)COC1. The number of carbonyl (C=O) groups is 2. The maximum absolute atomic E-state index is 13.2. The van der Waals surface area contributed by atoms with Crippen molar-refractivity contribution in [1.29, 1.82) is 5.26 Å². The third-order valence-electron chi connectivity index (χ3n) is 5.90. The average Bonchev–Trinajstić information content (AvgIpc) is 3.21. The molecule has 0 spiro atoms. The molecule has 11 heteroatoms. The first-order chi connectivity index (χ1) is 15.8. The van der Waals surface area contributed by atoms with Crippen LogP contribution in [0.4, 0.5) is 20.7 Å². The Balaban J connectivity index is 1.52. The van der Waals surface area contributed by atoms with E-state index in [1.165, 1.54) is 35.1 Å². The molecule has 2 aliphatic heterocycles. The Bertz CT molecular complexity index is 1080. The topological polar surface area (TPSA) is 136 Å². The number of rotatable bonds is 6. The second-order valence-corrected chi connectivity index (χ2v) is 8.76. The molecule has 2 fully saturated rings. The molecular weight excluding hydrogens is 431 g/mol. The van der Waals surface area contributed by atoms with Crippen molar-refractivity contribution in [1.82, 2.24) is 14.7 Å². The first-order valence-electron chi connectivity index (χ1n) is 10.6. The number of nitrogens with zero attached hydrogens (tertiary/aromatic N) is 4. The number of aromatic nitrogens is 2. The van der Waals surface area contributed by atoms with Gasteiger partial charge < -0.3 is 25.4 Å². The van der Waals surface area contributed by atoms with E-state index in [1.54, 1.807) is 4.90 Å². The molecule has 2 unspecified atom stereocenters. The number of carbonyl (C=O) groups excluding carboxylic acids is 2. The van der Waals surface area contributed by atoms with Crippen LogP contribution in [-0.2, 0) is 9.47 Å². The summed E-state index contributed by atoms with van der Waals surface area (Å²) < 4.78 is 25.4. The number of anilines is 2. The number of hydrogen-bond acceptors (Lipinski definition) is 7. The Kier molecular flexibility index (Phi) is 6.20. The molecule has 2 amide bonds. The number of hydrogen-bond donors (Lipinski definition) is 2. The van der Waals surface area contributed by atoms with Gasteiger partial charge in [-0.05, 0) is 30.7 Å². The van der Waals surface area contributed by atoms with Crippen LogP contribution in [0.1, 0.15) is 29.7 Å². The quantitative estimate of drug-likeness (QED) is 0.681. The predicted molar refractivity (Wildman–Crippen MR) is 115 cm³/mol. The third-order valence-corrected chi connectivity index (χ3v) is 5.90. The highest BCUT2D eigenvalue weighted by Crippen LogP contribution is 2.31. The van der Waals surface area contributed by atoms with Gasteiger partial charge in [-0.1, -0.05) is 6.92 Å². The first kappa shape index (κ1) is 22.5. The van der Waals surface area contributed by atoms with Crippen LogP contribution < -0.4 is 11.1 Å². The Morgan fingerprint density at radius 3 is 2.73 bits per heavy atom. The minimum absolute atomic E-state index is 0.119. The van der Waals surface area contributed by atoms with E-state index in [4.69, 9.17) is 15.2 Å². The normalized spacial score (nSPS) is 21.5. The van der Waals surface area contributed by atoms with E-state index in [1.807, 2.05) is 6.92 Å². The van der Waals surface area contributed by atoms with Crippen molar-refractivity contribution in [2.24, 2.45) is 17.1 Å². The molecule has 3 heterocycles. The minimum Gasteiger partial charge on any atom is -0.449 e. The van der Waals surface area contributed by atoms with Crippen LogP contribution in [0.25, 0.3) is 0 Å². The van der Waals surface area contributed by atoms with Crippen molar-refractivity contribution in [3.05, 3.63) is 41.8 Å². The van der Waals surface area contributed by atoms with Crippen LogP contribution in [0.5, 0.6) is 0 Å². The molecule has 3 N–H and O–H groups in total. The summed E-state index contributed by atoms with van der Waals surface area (Å²) >= 11 is 0. The lowest BCUT2D eigenvalue weighted by Gasteiger charge is -2.39. The van der Waals surface area contributed by atoms with Crippen molar-refractivity contribution in [3.63, 3.8) is 0 Å². The summed E-state index contributed by atoms with van der Waals surface area (Å²) in [6, 6.07) is 7.32. The van der Waals surface area contributed by atoms with Gasteiger partial charge >= 0.3 is 6.09 Å². The van der Waals surface area contributed by atoms with Gasteiger partial charge in [0.2, 0.25) is 0 Å². The van der Waals surface area contributed by atoms with E-state index in [9.17, 15) is 19.2 Å². The molecular formula is C22H25FN6O4. The van der Waals surface area contributed by atoms with Crippen LogP contribution in [-0.4, -0.2) is 59.6 Å². The maximum atomic E-state index is 13.2. The summed E-state index contributed by atoms with van der Waals surface area (Å²) in [6.45, 7) is 3.91. The lowest BCUT2D eigenvalue weighted by atomic mass is 9.90. The van der Waals surface area contributed by atoms with Crippen molar-refractivity contribution in [3.8, 4) is 6.07 Å². The summed E-state index contributed by atoms with van der Waals surface area (Å²) in [4.78, 5) is 26.2. The maximum Gasteiger partial charge on any atom is 0.409 e. The molecule has 0 aliphatic carbocycles. The van der Waals surface area contributed by atoms with Crippen LogP contribution in [0.3, 0.4) is 0 Å². The first-order valence-corrected chi connectivity index (χ1v) is 10.6. The second-order valence-electron chi connectivity index (χ2n) is 8.76. The number of nitrogens with two attached hydrogens (primary N) is 1. The molecule has 2 atom stereocenters. The lowest BCUT2D eigenvalue weighted by molar-refractivity contribution is -0.128. The zero-order chi connectivity index (χ0) is 23.6. The molecule has 0 radical (unpaired) electrons. The molecule has 0 saturated carbocycles. The molecule has 0 bridgehead atoms. The zero-order valence-corrected chi connectivity index (χ0v) is 18.2. The van der Waals surface area contributed by atoms with Gasteiger partial charge in [0.1, 0.15) is 18.0 Å². The van der Waals surface area contributed by atoms with Gasteiger partial charge in [-0.25, -0.2) is 9.18 Å². The van der Waals surface area contributed by atoms with E-state index >= 15 is 0 Å². The molecule has 33 heavy (non-hydrogen) atoms. The molecule has 174 valence electrons. The molecule has 1 aromatic carbocycles. The fourth-order valence-electron chi connectivity index (χ4n) is 3.88. The highest BCUT2D eigenvalue weighted by molar-refractivity contribution is 5.98. The van der Waals surface area contributed by atoms with Crippen LogP contribution in [0, 0.1) is 28.5 Å². The van der Waals surface area contributed by atoms with Crippen LogP contribution in [0.15, 0.2) is 30.5 Å². The van der Waals surface area contributed by atoms with Crippen molar-refractivity contribution < 1.29 is 23.5 Å². The van der Waals surface area contributed by atoms with E-state index in [0.29, 0.717) is 31.9 Å². The van der Waals surface area contributed by atoms with E-state index in [2.05, 4.69) is 16.5 Å². The number of ether oxygens (including phenoxy) is 2. The fourth-order valence-corrected chi connectivity index (χ4v) is 3.88. The Morgan fingerprint density at radius 2 is 2.12 bits per heavy atom. The highest BCUT2D eigenvalue weighted by Gasteiger charge is 2.38. The molecule has 4 rings (SSSR count). The van der Waals surface area contributed by atoms with Crippen molar-refractivity contribution in [2.75, 3.05) is 38.2 Å². The fraction of sp³-hybridized carbons (Fsp3) is 0.455. The Labute approximate surface area is 190 Å². The highest BCUT2D eigenvalue weighted by atomic mass is 19.1. The van der Waals surface area contributed by atoms with Gasteiger partial charge in [-0.15, -0.1) is 0 Å². The van der Waals surface area contributed by atoms with Gasteiger partial charge in [0.05, 0.1) is 31.2 Å². The van der Waals surface area contributed by atoms with Gasteiger partial charge in [0, 0.05) is 30.4 Å². The number of benzene rings is 1. The summed E-state index contributed by atoms with van der Waals surface area (Å²) in [6.07, 6.45) is 1.44. The Hall–Kier alpha value is -3.65. The standard InChI is InChI=1S/C22H25FN6O4/c1-22(11-32-12-22)13-33-21(31)28-7-6-14(8-24)18(10-28)29-9-17(19(25)30)20(27-29)26-16-4-2-15(23)3-5-16/h2-5,9,14,18H,6-7,10-13H2,1H3,(H2,25,30)(H,26,27). The molecule has 10 nitrogen and oxygen atoms in total. The number of nitrogens with one attached hydrogen (secondary N) is 1. The van der Waals surface area contributed by atoms with Crippen LogP contribution >= 0.6 is 0 Å². The van der Waals surface area contributed by atoms with E-state index < -0.39 is 29.8 Å². The van der Waals surface area contributed by atoms with Gasteiger partial charge in [-0.2, -0.15) is 10.4 Å². The summed E-state index contributed by atoms with van der Waals surface area (Å²) in [7, 11) is 0. The van der Waals surface area contributed by atoms with Gasteiger partial charge in [0.15, 0.2) is 5.82 Å². The summed E-state index contributed by atoms with van der Waals surface area (Å²) in [5, 5.41) is 17.1. The molecule has 2 aliphatic rings. The number of likely N-dealkylation sites (tertiary alicyclic amines) is 1. The molecule has 1 aromatic heterocycles. The minimum atomic E-state index is -0.706. The van der Waals surface area contributed by atoms with E-state index in [-0.39, 0.29) is 29.9 Å².